The molecule has 2 aromatic heterocycles. The number of hydrogen-bond acceptors (Lipinski definition) is 5. The Hall–Kier alpha value is -3.87. The number of fused-ring (bicyclic) bond motifs is 1. The molecular weight excluding hydrogens is 402 g/mol. The van der Waals surface area contributed by atoms with E-state index in [0.29, 0.717) is 23.1 Å². The molecule has 0 atom stereocenters. The number of hydrogen-bond donors (Lipinski definition) is 2. The van der Waals surface area contributed by atoms with Gasteiger partial charge in [0.2, 0.25) is 5.95 Å². The van der Waals surface area contributed by atoms with Gasteiger partial charge in [0.15, 0.2) is 0 Å². The molecule has 2 aromatic carbocycles. The van der Waals surface area contributed by atoms with Gasteiger partial charge in [0.25, 0.3) is 5.91 Å². The van der Waals surface area contributed by atoms with Crippen molar-refractivity contribution in [2.45, 2.75) is 26.7 Å². The summed E-state index contributed by atoms with van der Waals surface area (Å²) in [5.74, 6) is 2.15. The lowest BCUT2D eigenvalue weighted by Crippen LogP contribution is -2.18. The van der Waals surface area contributed by atoms with Gasteiger partial charge in [-0.3, -0.25) is 9.78 Å². The molecule has 0 spiro atoms. The standard InChI is InChI=1S/C25H27N5O2/c1-15(2)20-8-6-17(12-16(20)3)28-25-29-21-13-18(7-9-23(21)30(25)5)32-19-10-11-27-22(14-19)24(31)26-4/h6-15H,1-5H3,(H,26,31)(H,28,29). The first-order valence-electron chi connectivity index (χ1n) is 10.6. The van der Waals surface area contributed by atoms with E-state index in [-0.39, 0.29) is 5.91 Å². The second kappa shape index (κ2) is 8.70. The van der Waals surface area contributed by atoms with Crippen molar-refractivity contribution in [3.8, 4) is 11.5 Å². The molecule has 7 heteroatoms. The van der Waals surface area contributed by atoms with Crippen molar-refractivity contribution in [1.29, 1.82) is 0 Å². The zero-order valence-corrected chi connectivity index (χ0v) is 18.9. The van der Waals surface area contributed by atoms with E-state index in [2.05, 4.69) is 54.6 Å². The quantitative estimate of drug-likeness (QED) is 0.435. The predicted molar refractivity (Wildman–Crippen MR) is 127 cm³/mol. The van der Waals surface area contributed by atoms with Crippen molar-refractivity contribution in [3.05, 3.63) is 71.5 Å². The van der Waals surface area contributed by atoms with Crippen LogP contribution in [0.25, 0.3) is 11.0 Å². The third-order valence-electron chi connectivity index (χ3n) is 5.43. The van der Waals surface area contributed by atoms with Crippen LogP contribution in [0.5, 0.6) is 11.5 Å². The normalized spacial score (nSPS) is 11.1. The number of aryl methyl sites for hydroxylation is 2. The number of aromatic nitrogens is 3. The van der Waals surface area contributed by atoms with Gasteiger partial charge >= 0.3 is 0 Å². The average Bonchev–Trinajstić information content (AvgIpc) is 3.07. The van der Waals surface area contributed by atoms with Crippen LogP contribution in [0, 0.1) is 6.92 Å². The molecule has 0 aliphatic rings. The minimum absolute atomic E-state index is 0.261. The van der Waals surface area contributed by atoms with Crippen molar-refractivity contribution in [2.75, 3.05) is 12.4 Å². The Morgan fingerprint density at radius 2 is 1.84 bits per heavy atom. The van der Waals surface area contributed by atoms with Gasteiger partial charge in [0.05, 0.1) is 11.0 Å². The van der Waals surface area contributed by atoms with Crippen molar-refractivity contribution < 1.29 is 9.53 Å². The van der Waals surface area contributed by atoms with Gasteiger partial charge in [0, 0.05) is 38.1 Å². The molecule has 4 rings (SSSR count). The number of nitrogens with zero attached hydrogens (tertiary/aromatic N) is 3. The minimum atomic E-state index is -0.261. The Labute approximate surface area is 187 Å². The molecule has 4 aromatic rings. The summed E-state index contributed by atoms with van der Waals surface area (Å²) in [4.78, 5) is 20.6. The van der Waals surface area contributed by atoms with Gasteiger partial charge in [-0.2, -0.15) is 0 Å². The highest BCUT2D eigenvalue weighted by Crippen LogP contribution is 2.29. The van der Waals surface area contributed by atoms with Crippen LogP contribution in [0.3, 0.4) is 0 Å². The Morgan fingerprint density at radius 1 is 1.06 bits per heavy atom. The second-order valence-corrected chi connectivity index (χ2v) is 8.05. The molecule has 2 N–H and O–H groups in total. The summed E-state index contributed by atoms with van der Waals surface area (Å²) in [6.07, 6.45) is 1.55. The van der Waals surface area contributed by atoms with Gasteiger partial charge in [-0.25, -0.2) is 4.98 Å². The number of anilines is 2. The SMILES string of the molecule is CNC(=O)c1cc(Oc2ccc3c(c2)nc(Nc2ccc(C(C)C)c(C)c2)n3C)ccn1. The van der Waals surface area contributed by atoms with Crippen LogP contribution < -0.4 is 15.4 Å². The number of amides is 1. The van der Waals surface area contributed by atoms with Crippen LogP contribution >= 0.6 is 0 Å². The lowest BCUT2D eigenvalue weighted by molar-refractivity contribution is 0.0958. The highest BCUT2D eigenvalue weighted by Gasteiger charge is 2.12. The fourth-order valence-electron chi connectivity index (χ4n) is 3.75. The number of ether oxygens (including phenoxy) is 1. The lowest BCUT2D eigenvalue weighted by atomic mass is 9.98. The van der Waals surface area contributed by atoms with E-state index >= 15 is 0 Å². The molecule has 7 nitrogen and oxygen atoms in total. The van der Waals surface area contributed by atoms with E-state index in [1.54, 1.807) is 25.4 Å². The molecule has 0 saturated heterocycles. The summed E-state index contributed by atoms with van der Waals surface area (Å²) in [6.45, 7) is 6.53. The molecule has 2 heterocycles. The second-order valence-electron chi connectivity index (χ2n) is 8.05. The maximum atomic E-state index is 11.8. The number of carbonyl (C=O) groups excluding carboxylic acids is 1. The number of rotatable bonds is 6. The first-order valence-corrected chi connectivity index (χ1v) is 10.6. The summed E-state index contributed by atoms with van der Waals surface area (Å²) in [6, 6.07) is 15.5. The number of benzene rings is 2. The van der Waals surface area contributed by atoms with E-state index in [1.165, 1.54) is 11.1 Å². The molecule has 0 fully saturated rings. The van der Waals surface area contributed by atoms with Crippen molar-refractivity contribution >= 4 is 28.6 Å². The zero-order valence-electron chi connectivity index (χ0n) is 18.9. The fraction of sp³-hybridized carbons (Fsp3) is 0.240. The molecule has 0 aliphatic heterocycles. The number of imidazole rings is 1. The van der Waals surface area contributed by atoms with Crippen LogP contribution in [-0.4, -0.2) is 27.5 Å². The molecule has 164 valence electrons. The van der Waals surface area contributed by atoms with Crippen molar-refractivity contribution in [3.63, 3.8) is 0 Å². The highest BCUT2D eigenvalue weighted by atomic mass is 16.5. The lowest BCUT2D eigenvalue weighted by Gasteiger charge is -2.12. The van der Waals surface area contributed by atoms with Gasteiger partial charge in [-0.05, 0) is 54.3 Å². The van der Waals surface area contributed by atoms with Crippen LogP contribution in [0.1, 0.15) is 41.4 Å². The van der Waals surface area contributed by atoms with Gasteiger partial charge < -0.3 is 19.9 Å². The van der Waals surface area contributed by atoms with E-state index < -0.39 is 0 Å². The molecule has 32 heavy (non-hydrogen) atoms. The average molecular weight is 430 g/mol. The first kappa shape index (κ1) is 21.4. The van der Waals surface area contributed by atoms with Crippen molar-refractivity contribution in [1.82, 2.24) is 19.9 Å². The molecular formula is C25H27N5O2. The van der Waals surface area contributed by atoms with E-state index in [9.17, 15) is 4.79 Å². The third kappa shape index (κ3) is 4.27. The van der Waals surface area contributed by atoms with Crippen LogP contribution in [-0.2, 0) is 7.05 Å². The molecule has 0 unspecified atom stereocenters. The van der Waals surface area contributed by atoms with Crippen molar-refractivity contribution in [2.24, 2.45) is 7.05 Å². The predicted octanol–water partition coefficient (Wildman–Crippen LogP) is 5.30. The molecule has 0 bridgehead atoms. The summed E-state index contributed by atoms with van der Waals surface area (Å²) < 4.78 is 7.97. The van der Waals surface area contributed by atoms with E-state index in [4.69, 9.17) is 9.72 Å². The zero-order chi connectivity index (χ0) is 22.8. The number of carbonyl (C=O) groups is 1. The highest BCUT2D eigenvalue weighted by molar-refractivity contribution is 5.92. The van der Waals surface area contributed by atoms with Crippen LogP contribution in [0.4, 0.5) is 11.6 Å². The van der Waals surface area contributed by atoms with E-state index in [1.807, 2.05) is 29.8 Å². The molecule has 0 radical (unpaired) electrons. The third-order valence-corrected chi connectivity index (χ3v) is 5.43. The molecule has 0 saturated carbocycles. The largest absolute Gasteiger partial charge is 0.457 e. The summed E-state index contributed by atoms with van der Waals surface area (Å²) >= 11 is 0. The molecule has 0 aliphatic carbocycles. The van der Waals surface area contributed by atoms with Gasteiger partial charge in [-0.15, -0.1) is 0 Å². The summed E-state index contributed by atoms with van der Waals surface area (Å²) in [5.41, 5.74) is 5.69. The summed E-state index contributed by atoms with van der Waals surface area (Å²) in [7, 11) is 3.55. The topological polar surface area (TPSA) is 81.1 Å². The first-order chi connectivity index (χ1) is 15.4. The Kier molecular flexibility index (Phi) is 5.81. The van der Waals surface area contributed by atoms with Crippen LogP contribution in [0.15, 0.2) is 54.7 Å². The fourth-order valence-corrected chi connectivity index (χ4v) is 3.75. The number of pyridine rings is 1. The smallest absolute Gasteiger partial charge is 0.269 e. The summed E-state index contributed by atoms with van der Waals surface area (Å²) in [5, 5.41) is 5.98. The van der Waals surface area contributed by atoms with Gasteiger partial charge in [-0.1, -0.05) is 19.9 Å². The van der Waals surface area contributed by atoms with Gasteiger partial charge in [0.1, 0.15) is 17.2 Å². The Morgan fingerprint density at radius 3 is 2.56 bits per heavy atom. The molecule has 1 amide bonds. The minimum Gasteiger partial charge on any atom is -0.457 e. The Balaban J connectivity index is 1.58. The monoisotopic (exact) mass is 429 g/mol. The van der Waals surface area contributed by atoms with Crippen LogP contribution in [0.2, 0.25) is 0 Å². The maximum absolute atomic E-state index is 11.8. The maximum Gasteiger partial charge on any atom is 0.269 e. The number of nitrogens with one attached hydrogen (secondary N) is 2. The Bertz CT molecular complexity index is 1290. The van der Waals surface area contributed by atoms with E-state index in [0.717, 1.165) is 22.7 Å².